The topological polar surface area (TPSA) is 128 Å². The van der Waals surface area contributed by atoms with Crippen LogP contribution in [0.15, 0.2) is 30.3 Å². The molecule has 1 aromatic carbocycles. The lowest BCUT2D eigenvalue weighted by atomic mass is 9.95. The minimum absolute atomic E-state index is 0.248. The number of carboxylic acid groups (broad SMARTS) is 2. The van der Waals surface area contributed by atoms with Gasteiger partial charge < -0.3 is 25.0 Å². The number of likely N-dealkylation sites (tertiary alicyclic amines) is 1. The van der Waals surface area contributed by atoms with E-state index in [1.807, 2.05) is 17.0 Å². The molecule has 2 aliphatic rings. The van der Waals surface area contributed by atoms with E-state index in [-0.39, 0.29) is 5.91 Å². The summed E-state index contributed by atoms with van der Waals surface area (Å²) >= 11 is 0. The second-order valence-electron chi connectivity index (χ2n) is 7.17. The number of piperidine rings is 1. The van der Waals surface area contributed by atoms with Gasteiger partial charge in [-0.1, -0.05) is 24.3 Å². The molecule has 2 saturated heterocycles. The lowest BCUT2D eigenvalue weighted by molar-refractivity contribution is -0.159. The molecule has 1 amide bonds. The third-order valence-electron chi connectivity index (χ3n) is 4.99. The average Bonchev–Trinajstić information content (AvgIpc) is 2.75. The van der Waals surface area contributed by atoms with Crippen molar-refractivity contribution < 1.29 is 34.4 Å². The van der Waals surface area contributed by atoms with Crippen molar-refractivity contribution in [3.63, 3.8) is 0 Å². The molecule has 1 aromatic rings. The Morgan fingerprint density at radius 1 is 0.967 bits per heavy atom. The molecule has 0 atom stereocenters. The molecule has 0 radical (unpaired) electrons. The van der Waals surface area contributed by atoms with Gasteiger partial charge in [-0.25, -0.2) is 9.59 Å². The molecule has 3 N–H and O–H groups in total. The number of carbonyl (C=O) groups is 3. The maximum atomic E-state index is 12.4. The normalized spacial score (nSPS) is 17.9. The molecule has 0 aromatic heterocycles. The van der Waals surface area contributed by atoms with Crippen molar-refractivity contribution in [2.24, 2.45) is 5.92 Å². The van der Waals surface area contributed by atoms with Gasteiger partial charge in [0.25, 0.3) is 0 Å². The highest BCUT2D eigenvalue weighted by Gasteiger charge is 2.23. The molecule has 9 heteroatoms. The molecule has 2 fully saturated rings. The van der Waals surface area contributed by atoms with Crippen LogP contribution < -0.4 is 0 Å². The number of rotatable bonds is 4. The highest BCUT2D eigenvalue weighted by molar-refractivity contribution is 6.27. The summed E-state index contributed by atoms with van der Waals surface area (Å²) in [4.78, 5) is 34.8. The number of ether oxygens (including phenoxy) is 1. The number of morpholine rings is 1. The molecule has 3 rings (SSSR count). The molecule has 30 heavy (non-hydrogen) atoms. The molecule has 164 valence electrons. The van der Waals surface area contributed by atoms with Crippen LogP contribution in [0.3, 0.4) is 0 Å². The summed E-state index contributed by atoms with van der Waals surface area (Å²) < 4.78 is 5.32. The third-order valence-corrected chi connectivity index (χ3v) is 4.99. The van der Waals surface area contributed by atoms with Gasteiger partial charge in [-0.15, -0.1) is 0 Å². The quantitative estimate of drug-likeness (QED) is 0.619. The first kappa shape index (κ1) is 23.4. The lowest BCUT2D eigenvalue weighted by Gasteiger charge is -2.33. The van der Waals surface area contributed by atoms with E-state index in [0.717, 1.165) is 57.8 Å². The molecule has 0 saturated carbocycles. The summed E-state index contributed by atoms with van der Waals surface area (Å²) in [6, 6.07) is 7.22. The maximum Gasteiger partial charge on any atom is 0.414 e. The Hall–Kier alpha value is -2.91. The number of allylic oxidation sites excluding steroid dienone is 1. The molecular weight excluding hydrogens is 392 g/mol. The van der Waals surface area contributed by atoms with E-state index in [1.54, 1.807) is 12.1 Å². The molecule has 0 unspecified atom stereocenters. The Balaban J connectivity index is 0.000000469. The summed E-state index contributed by atoms with van der Waals surface area (Å²) in [5.74, 6) is -2.59. The van der Waals surface area contributed by atoms with Crippen LogP contribution in [0.4, 0.5) is 0 Å². The number of carbonyl (C=O) groups excluding carboxylic acids is 1. The standard InChI is InChI=1S/C19H26N2O3.C2H2O4/c22-18-5-3-16(4-6-18)1-2-17-7-9-21(10-8-17)19(23)15-20-11-13-24-14-12-20;3-1(4)2(5)6/h1-6,17,22H,7-15H2;(H,3,4)(H,5,6)/b2-1+;. The molecule has 2 aliphatic heterocycles. The number of benzene rings is 1. The Morgan fingerprint density at radius 3 is 2.07 bits per heavy atom. The second kappa shape index (κ2) is 11.9. The van der Waals surface area contributed by atoms with E-state index in [0.29, 0.717) is 18.2 Å². The zero-order valence-electron chi connectivity index (χ0n) is 16.8. The van der Waals surface area contributed by atoms with Crippen LogP contribution in [-0.4, -0.2) is 88.9 Å². The molecule has 2 heterocycles. The number of aromatic hydroxyl groups is 1. The number of hydrogen-bond acceptors (Lipinski definition) is 6. The minimum Gasteiger partial charge on any atom is -0.508 e. The van der Waals surface area contributed by atoms with Gasteiger partial charge in [-0.3, -0.25) is 9.69 Å². The maximum absolute atomic E-state index is 12.4. The number of carboxylic acids is 2. The molecule has 0 aliphatic carbocycles. The van der Waals surface area contributed by atoms with Crippen LogP contribution in [0.2, 0.25) is 0 Å². The summed E-state index contributed by atoms with van der Waals surface area (Å²) in [6.07, 6.45) is 6.37. The van der Waals surface area contributed by atoms with Gasteiger partial charge >= 0.3 is 11.9 Å². The van der Waals surface area contributed by atoms with Crippen molar-refractivity contribution in [1.82, 2.24) is 9.80 Å². The average molecular weight is 420 g/mol. The Bertz CT molecular complexity index is 722. The van der Waals surface area contributed by atoms with Gasteiger partial charge in [-0.05, 0) is 36.5 Å². The van der Waals surface area contributed by atoms with Gasteiger partial charge in [0.05, 0.1) is 19.8 Å². The lowest BCUT2D eigenvalue weighted by Crippen LogP contribution is -2.46. The van der Waals surface area contributed by atoms with Crippen molar-refractivity contribution in [2.45, 2.75) is 12.8 Å². The highest BCUT2D eigenvalue weighted by atomic mass is 16.5. The van der Waals surface area contributed by atoms with Crippen molar-refractivity contribution in [1.29, 1.82) is 0 Å². The fourth-order valence-electron chi connectivity index (χ4n) is 3.22. The summed E-state index contributed by atoms with van der Waals surface area (Å²) in [7, 11) is 0. The molecule has 0 spiro atoms. The summed E-state index contributed by atoms with van der Waals surface area (Å²) in [5, 5.41) is 24.1. The van der Waals surface area contributed by atoms with Crippen molar-refractivity contribution in [3.8, 4) is 5.75 Å². The Morgan fingerprint density at radius 2 is 1.53 bits per heavy atom. The first-order valence-electron chi connectivity index (χ1n) is 9.86. The summed E-state index contributed by atoms with van der Waals surface area (Å²) in [6.45, 7) is 5.39. The van der Waals surface area contributed by atoms with Crippen LogP contribution in [0.1, 0.15) is 18.4 Å². The van der Waals surface area contributed by atoms with E-state index in [4.69, 9.17) is 24.5 Å². The fraction of sp³-hybridized carbons (Fsp3) is 0.476. The van der Waals surface area contributed by atoms with Gasteiger partial charge in [0.15, 0.2) is 0 Å². The van der Waals surface area contributed by atoms with Crippen LogP contribution in [0, 0.1) is 5.92 Å². The van der Waals surface area contributed by atoms with Gasteiger partial charge in [-0.2, -0.15) is 0 Å². The minimum atomic E-state index is -1.82. The number of phenols is 1. The zero-order chi connectivity index (χ0) is 21.9. The zero-order valence-corrected chi connectivity index (χ0v) is 16.8. The molecule has 0 bridgehead atoms. The largest absolute Gasteiger partial charge is 0.508 e. The van der Waals surface area contributed by atoms with E-state index in [1.165, 1.54) is 0 Å². The van der Waals surface area contributed by atoms with Crippen molar-refractivity contribution in [2.75, 3.05) is 45.9 Å². The van der Waals surface area contributed by atoms with E-state index in [2.05, 4.69) is 17.1 Å². The van der Waals surface area contributed by atoms with E-state index < -0.39 is 11.9 Å². The first-order chi connectivity index (χ1) is 14.3. The Kier molecular flexibility index (Phi) is 9.30. The number of nitrogens with zero attached hydrogens (tertiary/aromatic N) is 2. The molecule has 9 nitrogen and oxygen atoms in total. The second-order valence-corrected chi connectivity index (χ2v) is 7.17. The number of phenolic OH excluding ortho intramolecular Hbond substituents is 1. The predicted octanol–water partition coefficient (Wildman–Crippen LogP) is 1.13. The SMILES string of the molecule is O=C(CN1CCOCC1)N1CCC(/C=C/c2ccc(O)cc2)CC1.O=C(O)C(=O)O. The highest BCUT2D eigenvalue weighted by Crippen LogP contribution is 2.20. The molecular formula is C21H28N2O7. The van der Waals surface area contributed by atoms with E-state index in [9.17, 15) is 9.90 Å². The fourth-order valence-corrected chi connectivity index (χ4v) is 3.22. The third kappa shape index (κ3) is 8.22. The number of hydrogen-bond donors (Lipinski definition) is 3. The smallest absolute Gasteiger partial charge is 0.414 e. The van der Waals surface area contributed by atoms with Crippen LogP contribution >= 0.6 is 0 Å². The van der Waals surface area contributed by atoms with Gasteiger partial charge in [0, 0.05) is 26.2 Å². The number of aliphatic carboxylic acids is 2. The van der Waals surface area contributed by atoms with E-state index >= 15 is 0 Å². The van der Waals surface area contributed by atoms with Crippen LogP contribution in [-0.2, 0) is 19.1 Å². The summed E-state index contributed by atoms with van der Waals surface area (Å²) in [5.41, 5.74) is 1.10. The van der Waals surface area contributed by atoms with Crippen LogP contribution in [0.25, 0.3) is 6.08 Å². The van der Waals surface area contributed by atoms with Crippen molar-refractivity contribution >= 4 is 23.9 Å². The monoisotopic (exact) mass is 420 g/mol. The predicted molar refractivity (Wildman–Crippen MR) is 109 cm³/mol. The van der Waals surface area contributed by atoms with Gasteiger partial charge in [0.1, 0.15) is 5.75 Å². The first-order valence-corrected chi connectivity index (χ1v) is 9.86. The van der Waals surface area contributed by atoms with Crippen LogP contribution in [0.5, 0.6) is 5.75 Å². The Labute approximate surface area is 175 Å². The number of amides is 1. The van der Waals surface area contributed by atoms with Crippen molar-refractivity contribution in [3.05, 3.63) is 35.9 Å². The van der Waals surface area contributed by atoms with Gasteiger partial charge in [0.2, 0.25) is 5.91 Å².